The molecule has 2 atom stereocenters. The number of nitrogens with two attached hydrogens (primary N) is 1. The largest absolute Gasteiger partial charge is 0.480 e. The number of amides is 2. The molecule has 9 heteroatoms. The lowest BCUT2D eigenvalue weighted by molar-refractivity contribution is -0.142. The van der Waals surface area contributed by atoms with Crippen LogP contribution >= 0.6 is 0 Å². The summed E-state index contributed by atoms with van der Waals surface area (Å²) in [6.45, 7) is 5.11. The molecule has 1 aliphatic heterocycles. The molecule has 2 amide bonds. The van der Waals surface area contributed by atoms with E-state index in [0.717, 1.165) is 32.2 Å². The van der Waals surface area contributed by atoms with E-state index in [-0.39, 0.29) is 25.5 Å². The van der Waals surface area contributed by atoms with Crippen LogP contribution in [0.2, 0.25) is 0 Å². The van der Waals surface area contributed by atoms with Crippen LogP contribution in [0.15, 0.2) is 48.5 Å². The number of likely N-dealkylation sites (tertiary alicyclic amines) is 1. The summed E-state index contributed by atoms with van der Waals surface area (Å²) in [6.07, 6.45) is -1.56. The van der Waals surface area contributed by atoms with Gasteiger partial charge in [0.25, 0.3) is 0 Å². The van der Waals surface area contributed by atoms with E-state index in [1.54, 1.807) is 20.8 Å². The Morgan fingerprint density at radius 2 is 1.62 bits per heavy atom. The number of carbonyl (C=O) groups excluding carboxylic acids is 2. The Bertz CT molecular complexity index is 1070. The van der Waals surface area contributed by atoms with E-state index in [9.17, 15) is 19.5 Å². The van der Waals surface area contributed by atoms with Crippen molar-refractivity contribution in [1.82, 2.24) is 9.91 Å². The summed E-state index contributed by atoms with van der Waals surface area (Å²) in [5.41, 5.74) is 3.58. The second-order valence-electron chi connectivity index (χ2n) is 9.59. The topological polar surface area (TPSA) is 122 Å². The molecular weight excluding hydrogens is 438 g/mol. The maximum absolute atomic E-state index is 12.8. The highest BCUT2D eigenvalue weighted by atomic mass is 16.6. The van der Waals surface area contributed by atoms with Crippen molar-refractivity contribution < 1.29 is 29.0 Å². The van der Waals surface area contributed by atoms with Gasteiger partial charge in [0.05, 0.1) is 6.04 Å². The first kappa shape index (κ1) is 23.6. The number of ether oxygens (including phenoxy) is 2. The fourth-order valence-electron chi connectivity index (χ4n) is 4.59. The number of rotatable bonds is 4. The van der Waals surface area contributed by atoms with Gasteiger partial charge in [0.1, 0.15) is 18.2 Å². The number of carboxylic acids is 1. The van der Waals surface area contributed by atoms with Crippen molar-refractivity contribution in [3.8, 4) is 11.1 Å². The summed E-state index contributed by atoms with van der Waals surface area (Å²) in [4.78, 5) is 38.1. The molecule has 2 aromatic carbocycles. The molecule has 1 aliphatic carbocycles. The first-order valence-electron chi connectivity index (χ1n) is 11.2. The number of hydrogen-bond donors (Lipinski definition) is 2. The zero-order chi connectivity index (χ0) is 24.6. The number of carboxylic acid groups (broad SMARTS) is 1. The number of hydrazine groups is 1. The lowest BCUT2D eigenvalue weighted by Gasteiger charge is -2.27. The van der Waals surface area contributed by atoms with Gasteiger partial charge in [-0.1, -0.05) is 48.5 Å². The van der Waals surface area contributed by atoms with Crippen LogP contribution in [0, 0.1) is 0 Å². The molecule has 1 heterocycles. The van der Waals surface area contributed by atoms with E-state index in [2.05, 4.69) is 0 Å². The molecule has 0 aromatic heterocycles. The van der Waals surface area contributed by atoms with Crippen molar-refractivity contribution in [2.75, 3.05) is 13.2 Å². The molecule has 3 N–H and O–H groups in total. The third-order valence-electron chi connectivity index (χ3n) is 6.13. The van der Waals surface area contributed by atoms with Crippen molar-refractivity contribution in [1.29, 1.82) is 0 Å². The maximum Gasteiger partial charge on any atom is 0.424 e. The molecule has 0 radical (unpaired) electrons. The van der Waals surface area contributed by atoms with E-state index >= 15 is 0 Å². The lowest BCUT2D eigenvalue weighted by Crippen LogP contribution is -2.48. The number of nitrogens with zero attached hydrogens (tertiary/aromatic N) is 2. The van der Waals surface area contributed by atoms with Gasteiger partial charge < -0.3 is 14.6 Å². The fraction of sp³-hybridized carbons (Fsp3) is 0.400. The molecule has 1 saturated heterocycles. The highest BCUT2D eigenvalue weighted by molar-refractivity contribution is 5.82. The van der Waals surface area contributed by atoms with Gasteiger partial charge in [-0.2, -0.15) is 0 Å². The Morgan fingerprint density at radius 3 is 2.15 bits per heavy atom. The van der Waals surface area contributed by atoms with Gasteiger partial charge in [0.15, 0.2) is 0 Å². The number of benzene rings is 2. The Hall–Kier alpha value is -3.59. The SMILES string of the molecule is CC(C)(C)OC(=O)N1C[C@@H](N(N)C(=O)OCC2c3ccccc3-c3ccccc32)C[C@H]1C(=O)O. The van der Waals surface area contributed by atoms with Gasteiger partial charge in [-0.15, -0.1) is 0 Å². The van der Waals surface area contributed by atoms with Gasteiger partial charge in [-0.05, 0) is 43.0 Å². The van der Waals surface area contributed by atoms with Gasteiger partial charge in [0.2, 0.25) is 0 Å². The standard InChI is InChI=1S/C25H29N3O6/c1-25(2,3)34-23(31)27-13-15(12-21(27)22(29)30)28(26)24(32)33-14-20-18-10-6-4-8-16(18)17-9-5-7-11-19(17)20/h4-11,15,20-21H,12-14,26H2,1-3H3,(H,29,30)/t15-,21-/m0/s1. The van der Waals surface area contributed by atoms with Crippen molar-refractivity contribution in [3.05, 3.63) is 59.7 Å². The molecule has 1 fully saturated rings. The number of hydrogen-bond acceptors (Lipinski definition) is 6. The lowest BCUT2D eigenvalue weighted by atomic mass is 9.98. The minimum atomic E-state index is -1.19. The number of carbonyl (C=O) groups is 3. The first-order valence-corrected chi connectivity index (χ1v) is 11.2. The highest BCUT2D eigenvalue weighted by Gasteiger charge is 2.44. The van der Waals surface area contributed by atoms with Crippen LogP contribution in [0.1, 0.15) is 44.2 Å². The highest BCUT2D eigenvalue weighted by Crippen LogP contribution is 2.44. The predicted octanol–water partition coefficient (Wildman–Crippen LogP) is 3.57. The van der Waals surface area contributed by atoms with Crippen molar-refractivity contribution >= 4 is 18.2 Å². The summed E-state index contributed by atoms with van der Waals surface area (Å²) >= 11 is 0. The summed E-state index contributed by atoms with van der Waals surface area (Å²) in [5.74, 6) is 4.72. The smallest absolute Gasteiger partial charge is 0.424 e. The maximum atomic E-state index is 12.8. The Labute approximate surface area is 198 Å². The molecule has 0 unspecified atom stereocenters. The van der Waals surface area contributed by atoms with E-state index in [1.807, 2.05) is 48.5 Å². The third kappa shape index (κ3) is 4.56. The predicted molar refractivity (Wildman–Crippen MR) is 124 cm³/mol. The van der Waals surface area contributed by atoms with E-state index in [4.69, 9.17) is 15.3 Å². The van der Waals surface area contributed by atoms with E-state index in [1.165, 1.54) is 0 Å². The second-order valence-corrected chi connectivity index (χ2v) is 9.59. The third-order valence-corrected chi connectivity index (χ3v) is 6.13. The van der Waals surface area contributed by atoms with Crippen molar-refractivity contribution in [2.45, 2.75) is 50.8 Å². The van der Waals surface area contributed by atoms with Crippen LogP contribution in [0.3, 0.4) is 0 Å². The van der Waals surface area contributed by atoms with Crippen LogP contribution in [0.25, 0.3) is 11.1 Å². The second kappa shape index (κ2) is 8.98. The van der Waals surface area contributed by atoms with E-state index in [0.29, 0.717) is 0 Å². The summed E-state index contributed by atoms with van der Waals surface area (Å²) in [6, 6.07) is 14.1. The van der Waals surface area contributed by atoms with Gasteiger partial charge in [0, 0.05) is 18.9 Å². The Kier molecular flexibility index (Phi) is 6.22. The van der Waals surface area contributed by atoms with Crippen LogP contribution in [0.4, 0.5) is 9.59 Å². The summed E-state index contributed by atoms with van der Waals surface area (Å²) in [7, 11) is 0. The van der Waals surface area contributed by atoms with Crippen LogP contribution < -0.4 is 5.84 Å². The van der Waals surface area contributed by atoms with Crippen LogP contribution in [-0.4, -0.2) is 64.0 Å². The Morgan fingerprint density at radius 1 is 1.06 bits per heavy atom. The Balaban J connectivity index is 1.43. The zero-order valence-corrected chi connectivity index (χ0v) is 19.4. The fourth-order valence-corrected chi connectivity index (χ4v) is 4.59. The molecule has 2 aliphatic rings. The van der Waals surface area contributed by atoms with Crippen LogP contribution in [0.5, 0.6) is 0 Å². The van der Waals surface area contributed by atoms with Crippen molar-refractivity contribution in [3.63, 3.8) is 0 Å². The molecular formula is C25H29N3O6. The van der Waals surface area contributed by atoms with E-state index < -0.39 is 35.8 Å². The van der Waals surface area contributed by atoms with Gasteiger partial charge in [-0.3, -0.25) is 4.90 Å². The molecule has 4 rings (SSSR count). The average Bonchev–Trinajstić information content (AvgIpc) is 3.36. The monoisotopic (exact) mass is 467 g/mol. The molecule has 0 saturated carbocycles. The molecule has 180 valence electrons. The van der Waals surface area contributed by atoms with Crippen molar-refractivity contribution in [2.24, 2.45) is 5.84 Å². The number of aliphatic carboxylic acids is 1. The molecule has 9 nitrogen and oxygen atoms in total. The zero-order valence-electron chi connectivity index (χ0n) is 19.4. The number of fused-ring (bicyclic) bond motifs is 3. The molecule has 2 aromatic rings. The quantitative estimate of drug-likeness (QED) is 0.400. The average molecular weight is 468 g/mol. The normalized spacial score (nSPS) is 19.4. The van der Waals surface area contributed by atoms with Gasteiger partial charge >= 0.3 is 18.2 Å². The molecule has 0 spiro atoms. The molecule has 34 heavy (non-hydrogen) atoms. The van der Waals surface area contributed by atoms with Gasteiger partial charge in [-0.25, -0.2) is 25.2 Å². The summed E-state index contributed by atoms with van der Waals surface area (Å²) < 4.78 is 10.9. The minimum Gasteiger partial charge on any atom is -0.480 e. The first-order chi connectivity index (χ1) is 16.1. The molecule has 0 bridgehead atoms. The summed E-state index contributed by atoms with van der Waals surface area (Å²) in [5, 5.41) is 10.5. The van der Waals surface area contributed by atoms with Crippen LogP contribution in [-0.2, 0) is 14.3 Å². The minimum absolute atomic E-state index is 0.0186.